The summed E-state index contributed by atoms with van der Waals surface area (Å²) in [5, 5.41) is 0. The zero-order chi connectivity index (χ0) is 11.4. The number of nitrogens with zero attached hydrogens (tertiary/aromatic N) is 1. The molecule has 5 heteroatoms. The fourth-order valence-electron chi connectivity index (χ4n) is 2.42. The van der Waals surface area contributed by atoms with Crippen molar-refractivity contribution in [2.45, 2.75) is 44.6 Å². The molecule has 0 aromatic rings. The fraction of sp³-hybridized carbons (Fsp3) is 1.00. The molecule has 1 unspecified atom stereocenters. The Bertz CT molecular complexity index is 303. The van der Waals surface area contributed by atoms with Gasteiger partial charge >= 0.3 is 0 Å². The highest BCUT2D eigenvalue weighted by Crippen LogP contribution is 2.19. The highest BCUT2D eigenvalue weighted by atomic mass is 32.2. The van der Waals surface area contributed by atoms with Crippen molar-refractivity contribution in [2.24, 2.45) is 0 Å². The van der Waals surface area contributed by atoms with Crippen molar-refractivity contribution < 1.29 is 13.2 Å². The van der Waals surface area contributed by atoms with Gasteiger partial charge in [-0.05, 0) is 32.1 Å². The summed E-state index contributed by atoms with van der Waals surface area (Å²) in [6, 6.07) is 0. The van der Waals surface area contributed by atoms with Gasteiger partial charge in [0.2, 0.25) is 10.0 Å². The van der Waals surface area contributed by atoms with Crippen LogP contribution in [0.2, 0.25) is 0 Å². The van der Waals surface area contributed by atoms with Crippen LogP contribution in [-0.4, -0.2) is 44.3 Å². The molecule has 0 aromatic carbocycles. The minimum atomic E-state index is -3.02. The second-order valence-electron chi connectivity index (χ2n) is 4.70. The van der Waals surface area contributed by atoms with E-state index < -0.39 is 10.0 Å². The first-order valence-corrected chi connectivity index (χ1v) is 7.89. The maximum Gasteiger partial charge on any atom is 0.214 e. The van der Waals surface area contributed by atoms with Crippen LogP contribution >= 0.6 is 0 Å². The zero-order valence-corrected chi connectivity index (χ0v) is 10.5. The monoisotopic (exact) mass is 247 g/mol. The molecule has 4 nitrogen and oxygen atoms in total. The van der Waals surface area contributed by atoms with Crippen LogP contribution in [0.3, 0.4) is 0 Å². The Balaban J connectivity index is 1.81. The van der Waals surface area contributed by atoms with Gasteiger partial charge in [0.25, 0.3) is 0 Å². The van der Waals surface area contributed by atoms with E-state index in [9.17, 15) is 8.42 Å². The Labute approximate surface area is 98.0 Å². The van der Waals surface area contributed by atoms with Crippen LogP contribution in [0.4, 0.5) is 0 Å². The van der Waals surface area contributed by atoms with E-state index in [2.05, 4.69) is 0 Å². The number of piperidine rings is 1. The first-order valence-electron chi connectivity index (χ1n) is 6.28. The average Bonchev–Trinajstić information content (AvgIpc) is 2.81. The van der Waals surface area contributed by atoms with Crippen molar-refractivity contribution in [2.75, 3.05) is 25.4 Å². The number of hydrogen-bond acceptors (Lipinski definition) is 3. The molecule has 0 N–H and O–H groups in total. The second-order valence-corrected chi connectivity index (χ2v) is 6.79. The molecule has 0 spiro atoms. The maximum absolute atomic E-state index is 12.0. The number of rotatable bonds is 4. The van der Waals surface area contributed by atoms with Crippen LogP contribution in [0.5, 0.6) is 0 Å². The summed E-state index contributed by atoms with van der Waals surface area (Å²) in [6.07, 6.45) is 6.14. The van der Waals surface area contributed by atoms with Crippen molar-refractivity contribution >= 4 is 10.0 Å². The second kappa shape index (κ2) is 5.47. The lowest BCUT2D eigenvalue weighted by atomic mass is 10.2. The molecule has 0 saturated carbocycles. The molecular weight excluding hydrogens is 226 g/mol. The zero-order valence-electron chi connectivity index (χ0n) is 9.73. The van der Waals surface area contributed by atoms with Crippen molar-refractivity contribution in [3.63, 3.8) is 0 Å². The average molecular weight is 247 g/mol. The minimum Gasteiger partial charge on any atom is -0.378 e. The first kappa shape index (κ1) is 12.3. The van der Waals surface area contributed by atoms with Crippen LogP contribution in [0.15, 0.2) is 0 Å². The van der Waals surface area contributed by atoms with Gasteiger partial charge in [0.1, 0.15) is 0 Å². The van der Waals surface area contributed by atoms with Crippen LogP contribution in [0.25, 0.3) is 0 Å². The van der Waals surface area contributed by atoms with E-state index in [1.165, 1.54) is 0 Å². The van der Waals surface area contributed by atoms with E-state index in [4.69, 9.17) is 4.74 Å². The van der Waals surface area contributed by atoms with Gasteiger partial charge in [0.15, 0.2) is 0 Å². The van der Waals surface area contributed by atoms with Gasteiger partial charge in [-0.2, -0.15) is 0 Å². The van der Waals surface area contributed by atoms with Crippen molar-refractivity contribution in [3.8, 4) is 0 Å². The molecule has 2 fully saturated rings. The SMILES string of the molecule is O=S(=O)(CCC1CCCO1)N1CCCCC1. The number of hydrogen-bond donors (Lipinski definition) is 0. The molecule has 0 amide bonds. The highest BCUT2D eigenvalue weighted by Gasteiger charge is 2.25. The number of ether oxygens (including phenoxy) is 1. The van der Waals surface area contributed by atoms with Gasteiger partial charge in [-0.3, -0.25) is 0 Å². The molecule has 0 radical (unpaired) electrons. The van der Waals surface area contributed by atoms with Crippen LogP contribution in [0, 0.1) is 0 Å². The van der Waals surface area contributed by atoms with Gasteiger partial charge in [0.05, 0.1) is 11.9 Å². The molecule has 94 valence electrons. The van der Waals surface area contributed by atoms with E-state index in [0.29, 0.717) is 19.5 Å². The minimum absolute atomic E-state index is 0.180. The Morgan fingerprint density at radius 1 is 1.12 bits per heavy atom. The fourth-order valence-corrected chi connectivity index (χ4v) is 4.06. The Morgan fingerprint density at radius 3 is 2.50 bits per heavy atom. The molecule has 0 aliphatic carbocycles. The topological polar surface area (TPSA) is 46.6 Å². The van der Waals surface area contributed by atoms with Crippen LogP contribution in [0.1, 0.15) is 38.5 Å². The summed E-state index contributed by atoms with van der Waals surface area (Å²) >= 11 is 0. The van der Waals surface area contributed by atoms with Crippen LogP contribution < -0.4 is 0 Å². The Morgan fingerprint density at radius 2 is 1.88 bits per heavy atom. The van der Waals surface area contributed by atoms with E-state index in [-0.39, 0.29) is 11.9 Å². The molecule has 0 aromatic heterocycles. The van der Waals surface area contributed by atoms with Gasteiger partial charge in [-0.1, -0.05) is 6.42 Å². The third-order valence-electron chi connectivity index (χ3n) is 3.43. The largest absolute Gasteiger partial charge is 0.378 e. The van der Waals surface area contributed by atoms with Gasteiger partial charge in [-0.15, -0.1) is 0 Å². The molecule has 2 rings (SSSR count). The third-order valence-corrected chi connectivity index (χ3v) is 5.33. The molecule has 2 saturated heterocycles. The van der Waals surface area contributed by atoms with Crippen molar-refractivity contribution in [1.29, 1.82) is 0 Å². The van der Waals surface area contributed by atoms with Crippen molar-refractivity contribution in [3.05, 3.63) is 0 Å². The van der Waals surface area contributed by atoms with E-state index in [1.807, 2.05) is 0 Å². The van der Waals surface area contributed by atoms with Crippen LogP contribution in [-0.2, 0) is 14.8 Å². The molecule has 0 bridgehead atoms. The summed E-state index contributed by atoms with van der Waals surface area (Å²) in [5.74, 6) is 0.262. The van der Waals surface area contributed by atoms with Crippen molar-refractivity contribution in [1.82, 2.24) is 4.31 Å². The first-order chi connectivity index (χ1) is 7.68. The summed E-state index contributed by atoms with van der Waals surface area (Å²) in [4.78, 5) is 0. The van der Waals surface area contributed by atoms with E-state index >= 15 is 0 Å². The molecule has 2 aliphatic heterocycles. The molecule has 2 heterocycles. The smallest absolute Gasteiger partial charge is 0.214 e. The van der Waals surface area contributed by atoms with Gasteiger partial charge < -0.3 is 4.74 Å². The summed E-state index contributed by atoms with van der Waals surface area (Å²) < 4.78 is 31.1. The molecule has 2 aliphatic rings. The van der Waals surface area contributed by atoms with Gasteiger partial charge in [0, 0.05) is 19.7 Å². The quantitative estimate of drug-likeness (QED) is 0.754. The summed E-state index contributed by atoms with van der Waals surface area (Å²) in [5.41, 5.74) is 0. The Hall–Kier alpha value is -0.130. The predicted octanol–water partition coefficient (Wildman–Crippen LogP) is 1.37. The van der Waals surface area contributed by atoms with E-state index in [0.717, 1.165) is 38.7 Å². The maximum atomic E-state index is 12.0. The van der Waals surface area contributed by atoms with E-state index in [1.54, 1.807) is 4.31 Å². The Kier molecular flexibility index (Phi) is 4.21. The lowest BCUT2D eigenvalue weighted by molar-refractivity contribution is 0.108. The molecule has 1 atom stereocenters. The molecule has 16 heavy (non-hydrogen) atoms. The predicted molar refractivity (Wildman–Crippen MR) is 62.8 cm³/mol. The van der Waals surface area contributed by atoms with Gasteiger partial charge in [-0.25, -0.2) is 12.7 Å². The number of sulfonamides is 1. The summed E-state index contributed by atoms with van der Waals surface area (Å²) in [7, 11) is -3.02. The summed E-state index contributed by atoms with van der Waals surface area (Å²) in [6.45, 7) is 2.23. The lowest BCUT2D eigenvalue weighted by Crippen LogP contribution is -2.37. The normalized spacial score (nSPS) is 28.4. The standard InChI is InChI=1S/C11H21NO3S/c13-16(14,12-7-2-1-3-8-12)10-6-11-5-4-9-15-11/h11H,1-10H2. The molecular formula is C11H21NO3S. The lowest BCUT2D eigenvalue weighted by Gasteiger charge is -2.26. The third kappa shape index (κ3) is 3.18. The highest BCUT2D eigenvalue weighted by molar-refractivity contribution is 7.89.